The van der Waals surface area contributed by atoms with Gasteiger partial charge in [-0.05, 0) is 38.1 Å². The molecule has 30 heavy (non-hydrogen) atoms. The van der Waals surface area contributed by atoms with Crippen LogP contribution < -0.4 is 26.1 Å². The predicted molar refractivity (Wildman–Crippen MR) is 111 cm³/mol. The van der Waals surface area contributed by atoms with Crippen LogP contribution in [0.3, 0.4) is 0 Å². The van der Waals surface area contributed by atoms with Gasteiger partial charge in [0, 0.05) is 31.4 Å². The second-order valence-corrected chi connectivity index (χ2v) is 8.52. The number of benzene rings is 1. The third-order valence-electron chi connectivity index (χ3n) is 6.67. The van der Waals surface area contributed by atoms with Crippen LogP contribution in [-0.4, -0.2) is 48.4 Å². The lowest BCUT2D eigenvalue weighted by molar-refractivity contribution is 0.0695. The van der Waals surface area contributed by atoms with Crippen LogP contribution in [0.15, 0.2) is 11.0 Å². The molecule has 4 N–H and O–H groups in total. The van der Waals surface area contributed by atoms with Gasteiger partial charge < -0.3 is 30.4 Å². The zero-order valence-electron chi connectivity index (χ0n) is 16.8. The molecule has 5 rings (SSSR count). The summed E-state index contributed by atoms with van der Waals surface area (Å²) in [4.78, 5) is 26.5. The average molecular weight is 416 g/mol. The molecule has 8 nitrogen and oxygen atoms in total. The summed E-state index contributed by atoms with van der Waals surface area (Å²) < 4.78 is 23.0. The van der Waals surface area contributed by atoms with E-state index in [1.807, 2.05) is 4.90 Å². The van der Waals surface area contributed by atoms with Gasteiger partial charge in [0.05, 0.1) is 23.7 Å². The Hall–Kier alpha value is -2.81. The van der Waals surface area contributed by atoms with Crippen molar-refractivity contribution in [3.63, 3.8) is 0 Å². The molecule has 2 aliphatic heterocycles. The Kier molecular flexibility index (Phi) is 4.39. The zero-order valence-corrected chi connectivity index (χ0v) is 16.8. The van der Waals surface area contributed by atoms with Crippen LogP contribution in [0.4, 0.5) is 15.8 Å². The summed E-state index contributed by atoms with van der Waals surface area (Å²) >= 11 is 0. The fraction of sp³-hybridized carbons (Fsp3) is 0.524. The number of rotatable bonds is 4. The largest absolute Gasteiger partial charge is 0.492 e. The van der Waals surface area contributed by atoms with E-state index in [0.717, 1.165) is 32.2 Å². The number of nitrogens with two attached hydrogens (primary N) is 1. The molecule has 2 aromatic rings. The number of aromatic carboxylic acids is 1. The molecule has 1 aromatic carbocycles. The first-order valence-electron chi connectivity index (χ1n) is 10.4. The zero-order chi connectivity index (χ0) is 21.2. The first kappa shape index (κ1) is 19.2. The molecule has 0 radical (unpaired) electrons. The topological polar surface area (TPSA) is 110 Å². The molecule has 3 aliphatic rings. The van der Waals surface area contributed by atoms with Crippen LogP contribution in [0.25, 0.3) is 10.9 Å². The van der Waals surface area contributed by atoms with E-state index in [0.29, 0.717) is 24.5 Å². The lowest BCUT2D eigenvalue weighted by Crippen LogP contribution is -2.40. The Morgan fingerprint density at radius 3 is 2.73 bits per heavy atom. The Bertz CT molecular complexity index is 1100. The summed E-state index contributed by atoms with van der Waals surface area (Å²) in [5.74, 6) is -1.41. The van der Waals surface area contributed by atoms with Gasteiger partial charge in [-0.3, -0.25) is 4.79 Å². The van der Waals surface area contributed by atoms with Gasteiger partial charge in [-0.15, -0.1) is 0 Å². The van der Waals surface area contributed by atoms with Crippen molar-refractivity contribution < 1.29 is 19.0 Å². The summed E-state index contributed by atoms with van der Waals surface area (Å²) in [7, 11) is 1.45. The third kappa shape index (κ3) is 2.75. The highest BCUT2D eigenvalue weighted by Crippen LogP contribution is 2.47. The van der Waals surface area contributed by atoms with E-state index in [1.54, 1.807) is 4.57 Å². The SMILES string of the molecule is COc1c(N2CC3CCCNC3C2)c(F)c(N)c2c(=O)c(C(=O)O)cn(C3CC3)c12. The van der Waals surface area contributed by atoms with Crippen molar-refractivity contribution >= 4 is 28.2 Å². The molecule has 0 amide bonds. The number of nitrogens with zero attached hydrogens (tertiary/aromatic N) is 2. The third-order valence-corrected chi connectivity index (χ3v) is 6.67. The van der Waals surface area contributed by atoms with Crippen LogP contribution in [-0.2, 0) is 0 Å². The van der Waals surface area contributed by atoms with Crippen LogP contribution in [0.5, 0.6) is 5.75 Å². The molecule has 3 heterocycles. The number of nitrogen functional groups attached to an aromatic ring is 1. The second kappa shape index (κ2) is 6.87. The van der Waals surface area contributed by atoms with Crippen LogP contribution >= 0.6 is 0 Å². The van der Waals surface area contributed by atoms with Crippen molar-refractivity contribution in [3.8, 4) is 5.75 Å². The summed E-state index contributed by atoms with van der Waals surface area (Å²) in [6.07, 6.45) is 5.22. The van der Waals surface area contributed by atoms with E-state index < -0.39 is 22.8 Å². The minimum atomic E-state index is -1.35. The minimum Gasteiger partial charge on any atom is -0.492 e. The standard InChI is InChI=1S/C21H25FN4O4/c1-30-20-17-14(19(27)12(21(28)29)8-26(17)11-4-5-11)16(23)15(22)18(20)25-7-10-3-2-6-24-13(10)9-25/h8,10-11,13,24H,2-7,9,23H2,1H3,(H,28,29). The number of ether oxygens (including phenoxy) is 1. The smallest absolute Gasteiger partial charge is 0.341 e. The molecule has 0 spiro atoms. The molecule has 0 bridgehead atoms. The van der Waals surface area contributed by atoms with Crippen LogP contribution in [0.2, 0.25) is 0 Å². The monoisotopic (exact) mass is 416 g/mol. The first-order chi connectivity index (χ1) is 14.4. The Morgan fingerprint density at radius 2 is 2.10 bits per heavy atom. The predicted octanol–water partition coefficient (Wildman–Crippen LogP) is 1.95. The summed E-state index contributed by atoms with van der Waals surface area (Å²) in [6.45, 7) is 2.26. The minimum absolute atomic E-state index is 0.0423. The van der Waals surface area contributed by atoms with Gasteiger partial charge in [0.2, 0.25) is 5.43 Å². The maximum absolute atomic E-state index is 15.6. The number of anilines is 2. The molecule has 3 fully saturated rings. The molecule has 2 atom stereocenters. The Morgan fingerprint density at radius 1 is 1.33 bits per heavy atom. The van der Waals surface area contributed by atoms with Gasteiger partial charge in [0.1, 0.15) is 11.3 Å². The van der Waals surface area contributed by atoms with Gasteiger partial charge in [-0.25, -0.2) is 9.18 Å². The van der Waals surface area contributed by atoms with Crippen molar-refractivity contribution in [2.75, 3.05) is 37.4 Å². The van der Waals surface area contributed by atoms with Gasteiger partial charge in [-0.2, -0.15) is 0 Å². The quantitative estimate of drug-likeness (QED) is 0.654. The molecule has 1 aromatic heterocycles. The van der Waals surface area contributed by atoms with Crippen LogP contribution in [0.1, 0.15) is 42.1 Å². The number of carbonyl (C=O) groups is 1. The van der Waals surface area contributed by atoms with Crippen molar-refractivity contribution in [3.05, 3.63) is 27.8 Å². The number of nitrogens with one attached hydrogen (secondary N) is 1. The Balaban J connectivity index is 1.78. The number of halogens is 1. The highest BCUT2D eigenvalue weighted by atomic mass is 19.1. The number of hydrogen-bond acceptors (Lipinski definition) is 6. The van der Waals surface area contributed by atoms with Crippen LogP contribution in [0, 0.1) is 11.7 Å². The number of carboxylic acid groups (broad SMARTS) is 1. The van der Waals surface area contributed by atoms with E-state index in [1.165, 1.54) is 13.3 Å². The molecular formula is C21H25FN4O4. The van der Waals surface area contributed by atoms with Crippen molar-refractivity contribution in [2.24, 2.45) is 5.92 Å². The summed E-state index contributed by atoms with van der Waals surface area (Å²) in [6, 6.07) is 0.320. The second-order valence-electron chi connectivity index (χ2n) is 8.52. The lowest BCUT2D eigenvalue weighted by atomic mass is 9.94. The van der Waals surface area contributed by atoms with Crippen molar-refractivity contribution in [1.29, 1.82) is 0 Å². The fourth-order valence-corrected chi connectivity index (χ4v) is 5.06. The number of aromatic nitrogens is 1. The van der Waals surface area contributed by atoms with E-state index in [9.17, 15) is 14.7 Å². The average Bonchev–Trinajstić information content (AvgIpc) is 3.48. The molecule has 9 heteroatoms. The highest BCUT2D eigenvalue weighted by molar-refractivity contribution is 6.03. The Labute approximate surface area is 172 Å². The number of hydrogen-bond donors (Lipinski definition) is 3. The van der Waals surface area contributed by atoms with E-state index >= 15 is 4.39 Å². The van der Waals surface area contributed by atoms with Gasteiger partial charge in [0.15, 0.2) is 11.6 Å². The molecule has 1 saturated carbocycles. The molecule has 160 valence electrons. The number of fused-ring (bicyclic) bond motifs is 2. The number of pyridine rings is 1. The van der Waals surface area contributed by atoms with Crippen molar-refractivity contribution in [2.45, 2.75) is 37.8 Å². The lowest BCUT2D eigenvalue weighted by Gasteiger charge is -2.26. The maximum Gasteiger partial charge on any atom is 0.341 e. The molecular weight excluding hydrogens is 391 g/mol. The number of piperidine rings is 1. The summed E-state index contributed by atoms with van der Waals surface area (Å²) in [5.41, 5.74) is 5.27. The molecule has 2 saturated heterocycles. The van der Waals surface area contributed by atoms with Gasteiger partial charge in [-0.1, -0.05) is 0 Å². The summed E-state index contributed by atoms with van der Waals surface area (Å²) in [5, 5.41) is 12.9. The van der Waals surface area contributed by atoms with E-state index in [4.69, 9.17) is 10.5 Å². The van der Waals surface area contributed by atoms with E-state index in [2.05, 4.69) is 5.32 Å². The highest BCUT2D eigenvalue weighted by Gasteiger charge is 2.39. The molecule has 1 aliphatic carbocycles. The van der Waals surface area contributed by atoms with Gasteiger partial charge in [0.25, 0.3) is 0 Å². The number of carboxylic acids is 1. The fourth-order valence-electron chi connectivity index (χ4n) is 5.06. The van der Waals surface area contributed by atoms with Gasteiger partial charge >= 0.3 is 5.97 Å². The first-order valence-corrected chi connectivity index (χ1v) is 10.4. The van der Waals surface area contributed by atoms with E-state index in [-0.39, 0.29) is 34.6 Å². The number of methoxy groups -OCH3 is 1. The normalized spacial score (nSPS) is 23.6. The maximum atomic E-state index is 15.6. The van der Waals surface area contributed by atoms with Crippen molar-refractivity contribution in [1.82, 2.24) is 9.88 Å². The molecule has 2 unspecified atom stereocenters.